The van der Waals surface area contributed by atoms with E-state index >= 15 is 0 Å². The molecule has 70 valence electrons. The van der Waals surface area contributed by atoms with E-state index in [0.29, 0.717) is 0 Å². The van der Waals surface area contributed by atoms with Crippen molar-refractivity contribution >= 4 is 18.0 Å². The van der Waals surface area contributed by atoms with Crippen LogP contribution < -0.4 is 0 Å². The third-order valence-electron chi connectivity index (χ3n) is 1.02. The van der Waals surface area contributed by atoms with Crippen molar-refractivity contribution in [2.24, 2.45) is 4.99 Å². The molecule has 0 aromatic heterocycles. The fraction of sp³-hybridized carbons (Fsp3) is 0.500. The van der Waals surface area contributed by atoms with Gasteiger partial charge < -0.3 is 0 Å². The van der Waals surface area contributed by atoms with E-state index in [-0.39, 0.29) is 0 Å². The lowest BCUT2D eigenvalue weighted by molar-refractivity contribution is 1.48. The molecule has 0 aliphatic carbocycles. The SMILES string of the molecule is C/C=C(\C=C/C=NC)SC.CC. The summed E-state index contributed by atoms with van der Waals surface area (Å²) in [5.41, 5.74) is 0. The van der Waals surface area contributed by atoms with Crippen LogP contribution in [0.15, 0.2) is 28.1 Å². The first-order valence-electron chi connectivity index (χ1n) is 4.14. The fourth-order valence-corrected chi connectivity index (χ4v) is 0.956. The minimum Gasteiger partial charge on any atom is -0.297 e. The molecule has 0 unspecified atom stereocenters. The first-order valence-corrected chi connectivity index (χ1v) is 5.36. The van der Waals surface area contributed by atoms with Crippen LogP contribution in [0.1, 0.15) is 20.8 Å². The predicted molar refractivity (Wildman–Crippen MR) is 62.2 cm³/mol. The van der Waals surface area contributed by atoms with Gasteiger partial charge in [0.1, 0.15) is 0 Å². The normalized spacial score (nSPS) is 11.9. The third-order valence-corrected chi connectivity index (χ3v) is 1.86. The van der Waals surface area contributed by atoms with Gasteiger partial charge in [-0.15, -0.1) is 11.8 Å². The van der Waals surface area contributed by atoms with Crippen molar-refractivity contribution in [2.45, 2.75) is 20.8 Å². The van der Waals surface area contributed by atoms with Crippen molar-refractivity contribution in [1.29, 1.82) is 0 Å². The molecular formula is C10H19NS. The summed E-state index contributed by atoms with van der Waals surface area (Å²) in [5, 5.41) is 0. The van der Waals surface area contributed by atoms with E-state index in [4.69, 9.17) is 0 Å². The zero-order valence-corrected chi connectivity index (χ0v) is 9.48. The summed E-state index contributed by atoms with van der Waals surface area (Å²) < 4.78 is 0. The van der Waals surface area contributed by atoms with Crippen molar-refractivity contribution in [3.63, 3.8) is 0 Å². The Balaban J connectivity index is 0. The Kier molecular flexibility index (Phi) is 15.4. The molecule has 0 aromatic carbocycles. The minimum absolute atomic E-state index is 1.26. The van der Waals surface area contributed by atoms with E-state index < -0.39 is 0 Å². The highest BCUT2D eigenvalue weighted by molar-refractivity contribution is 8.02. The number of rotatable bonds is 3. The van der Waals surface area contributed by atoms with Crippen LogP contribution >= 0.6 is 11.8 Å². The van der Waals surface area contributed by atoms with Gasteiger partial charge in [-0.3, -0.25) is 4.99 Å². The van der Waals surface area contributed by atoms with Gasteiger partial charge in [0.25, 0.3) is 0 Å². The number of thioether (sulfide) groups is 1. The molecule has 0 atom stereocenters. The van der Waals surface area contributed by atoms with Gasteiger partial charge in [0.05, 0.1) is 0 Å². The zero-order valence-electron chi connectivity index (χ0n) is 8.66. The van der Waals surface area contributed by atoms with Gasteiger partial charge in [-0.2, -0.15) is 0 Å². The van der Waals surface area contributed by atoms with Crippen LogP contribution in [0.3, 0.4) is 0 Å². The van der Waals surface area contributed by atoms with Gasteiger partial charge in [0.15, 0.2) is 0 Å². The number of nitrogens with zero attached hydrogens (tertiary/aromatic N) is 1. The Hall–Kier alpha value is -0.500. The molecule has 1 nitrogen and oxygen atoms in total. The van der Waals surface area contributed by atoms with Gasteiger partial charge in [0.2, 0.25) is 0 Å². The van der Waals surface area contributed by atoms with Crippen molar-refractivity contribution in [3.8, 4) is 0 Å². The second-order valence-corrected chi connectivity index (χ2v) is 2.54. The van der Waals surface area contributed by atoms with Gasteiger partial charge in [-0.05, 0) is 25.3 Å². The number of aliphatic imine (C=N–C) groups is 1. The van der Waals surface area contributed by atoms with Crippen LogP contribution in [0.25, 0.3) is 0 Å². The molecule has 2 heteroatoms. The zero-order chi connectivity index (χ0) is 9.82. The molecule has 0 spiro atoms. The fourth-order valence-electron chi connectivity index (χ4n) is 0.506. The van der Waals surface area contributed by atoms with Crippen LogP contribution in [0.4, 0.5) is 0 Å². The summed E-state index contributed by atoms with van der Waals surface area (Å²) in [5.74, 6) is 0. The van der Waals surface area contributed by atoms with E-state index in [1.54, 1.807) is 25.0 Å². The maximum Gasteiger partial charge on any atom is 0.0277 e. The van der Waals surface area contributed by atoms with Gasteiger partial charge in [-0.1, -0.05) is 19.9 Å². The summed E-state index contributed by atoms with van der Waals surface area (Å²) in [6, 6.07) is 0. The molecule has 0 rings (SSSR count). The van der Waals surface area contributed by atoms with Crippen molar-refractivity contribution in [2.75, 3.05) is 13.3 Å². The van der Waals surface area contributed by atoms with Crippen molar-refractivity contribution in [1.82, 2.24) is 0 Å². The minimum atomic E-state index is 1.26. The Labute approximate surface area is 80.7 Å². The van der Waals surface area contributed by atoms with E-state index in [1.165, 1.54) is 4.91 Å². The van der Waals surface area contributed by atoms with Gasteiger partial charge >= 0.3 is 0 Å². The van der Waals surface area contributed by atoms with Crippen LogP contribution in [0.5, 0.6) is 0 Å². The topological polar surface area (TPSA) is 12.4 Å². The lowest BCUT2D eigenvalue weighted by Gasteiger charge is -1.90. The summed E-state index contributed by atoms with van der Waals surface area (Å²) in [6.45, 7) is 6.03. The maximum absolute atomic E-state index is 3.83. The second kappa shape index (κ2) is 13.1. The standard InChI is InChI=1S/C8H13NS.C2H6/c1-4-8(10-3)6-5-7-9-2;1-2/h4-7H,1-3H3;1-2H3/b6-5-,8-4+,9-7?;. The van der Waals surface area contributed by atoms with E-state index in [2.05, 4.69) is 17.3 Å². The molecule has 0 aliphatic rings. The largest absolute Gasteiger partial charge is 0.297 e. The number of hydrogen-bond donors (Lipinski definition) is 0. The first kappa shape index (κ1) is 14.0. The monoisotopic (exact) mass is 185 g/mol. The Bertz CT molecular complexity index is 157. The predicted octanol–water partition coefficient (Wildman–Crippen LogP) is 3.54. The van der Waals surface area contributed by atoms with Crippen LogP contribution in [-0.4, -0.2) is 19.5 Å². The molecule has 0 saturated heterocycles. The van der Waals surface area contributed by atoms with Crippen LogP contribution in [0.2, 0.25) is 0 Å². The van der Waals surface area contributed by atoms with Crippen molar-refractivity contribution in [3.05, 3.63) is 23.1 Å². The third kappa shape index (κ3) is 9.50. The molecule has 0 fully saturated rings. The Morgan fingerprint density at radius 1 is 1.33 bits per heavy atom. The first-order chi connectivity index (χ1) is 5.85. The quantitative estimate of drug-likeness (QED) is 0.484. The smallest absolute Gasteiger partial charge is 0.0277 e. The summed E-state index contributed by atoms with van der Waals surface area (Å²) >= 11 is 1.73. The second-order valence-electron chi connectivity index (χ2n) is 1.66. The Morgan fingerprint density at radius 2 is 1.92 bits per heavy atom. The maximum atomic E-state index is 3.83. The molecule has 0 bridgehead atoms. The molecule has 0 N–H and O–H groups in total. The summed E-state index contributed by atoms with van der Waals surface area (Å²) in [4.78, 5) is 5.09. The molecule has 0 heterocycles. The van der Waals surface area contributed by atoms with Crippen LogP contribution in [-0.2, 0) is 0 Å². The molecule has 0 amide bonds. The molecule has 0 aromatic rings. The highest BCUT2D eigenvalue weighted by atomic mass is 32.2. The number of allylic oxidation sites excluding steroid dienone is 3. The average Bonchev–Trinajstić information content (AvgIpc) is 2.16. The molecule has 12 heavy (non-hydrogen) atoms. The van der Waals surface area contributed by atoms with Crippen LogP contribution in [0, 0.1) is 0 Å². The average molecular weight is 185 g/mol. The van der Waals surface area contributed by atoms with Gasteiger partial charge in [-0.25, -0.2) is 0 Å². The highest BCUT2D eigenvalue weighted by Crippen LogP contribution is 2.11. The van der Waals surface area contributed by atoms with Gasteiger partial charge in [0, 0.05) is 18.2 Å². The summed E-state index contributed by atoms with van der Waals surface area (Å²) in [6.07, 6.45) is 9.89. The lowest BCUT2D eigenvalue weighted by atomic mass is 10.4. The molecule has 0 aliphatic heterocycles. The highest BCUT2D eigenvalue weighted by Gasteiger charge is 1.81. The molecule has 0 radical (unpaired) electrons. The Morgan fingerprint density at radius 3 is 2.25 bits per heavy atom. The van der Waals surface area contributed by atoms with E-state index in [9.17, 15) is 0 Å². The number of hydrogen-bond acceptors (Lipinski definition) is 2. The van der Waals surface area contributed by atoms with E-state index in [0.717, 1.165) is 0 Å². The lowest BCUT2D eigenvalue weighted by Crippen LogP contribution is -1.67. The molecular weight excluding hydrogens is 166 g/mol. The summed E-state index contributed by atoms with van der Waals surface area (Å²) in [7, 11) is 1.76. The molecule has 0 saturated carbocycles. The van der Waals surface area contributed by atoms with E-state index in [1.807, 2.05) is 32.9 Å². The van der Waals surface area contributed by atoms with Crippen molar-refractivity contribution < 1.29 is 0 Å².